The molecule has 1 saturated heterocycles. The van der Waals surface area contributed by atoms with E-state index < -0.39 is 0 Å². The number of hydrogen-bond donors (Lipinski definition) is 0. The van der Waals surface area contributed by atoms with E-state index in [0.29, 0.717) is 12.5 Å². The van der Waals surface area contributed by atoms with E-state index in [1.807, 2.05) is 28.3 Å². The van der Waals surface area contributed by atoms with Gasteiger partial charge in [0.25, 0.3) is 0 Å². The fraction of sp³-hybridized carbons (Fsp3) is 0.421. The molecule has 1 aliphatic rings. The summed E-state index contributed by atoms with van der Waals surface area (Å²) in [6, 6.07) is 3.81. The largest absolute Gasteiger partial charge is 0.355 e. The second-order valence-corrected chi connectivity index (χ2v) is 7.45. The van der Waals surface area contributed by atoms with Crippen LogP contribution in [0.4, 0.5) is 5.82 Å². The molecule has 1 fully saturated rings. The molecule has 9 nitrogen and oxygen atoms in total. The quantitative estimate of drug-likeness (QED) is 0.535. The van der Waals surface area contributed by atoms with Crippen LogP contribution < -0.4 is 10.6 Å². The molecular weight excluding hydrogens is 356 g/mol. The molecule has 0 spiro atoms. The van der Waals surface area contributed by atoms with E-state index in [9.17, 15) is 4.79 Å². The lowest BCUT2D eigenvalue weighted by atomic mass is 9.96. The molecule has 144 valence electrons. The van der Waals surface area contributed by atoms with Crippen molar-refractivity contribution >= 4 is 28.1 Å². The summed E-state index contributed by atoms with van der Waals surface area (Å²) >= 11 is 0. The Labute approximate surface area is 161 Å². The Morgan fingerprint density at radius 3 is 2.71 bits per heavy atom. The van der Waals surface area contributed by atoms with Crippen molar-refractivity contribution in [1.82, 2.24) is 33.6 Å². The smallest absolute Gasteiger partial charge is 0.330 e. The van der Waals surface area contributed by atoms with Gasteiger partial charge in [0.05, 0.1) is 11.8 Å². The third kappa shape index (κ3) is 2.57. The van der Waals surface area contributed by atoms with Crippen molar-refractivity contribution in [3.63, 3.8) is 0 Å². The number of hydrogen-bond acceptors (Lipinski definition) is 6. The van der Waals surface area contributed by atoms with Crippen LogP contribution in [0.1, 0.15) is 12.8 Å². The van der Waals surface area contributed by atoms with Gasteiger partial charge in [-0.05, 0) is 30.9 Å². The Balaban J connectivity index is 1.36. The van der Waals surface area contributed by atoms with Crippen LogP contribution in [0, 0.1) is 5.92 Å². The highest BCUT2D eigenvalue weighted by molar-refractivity contribution is 5.83. The monoisotopic (exact) mass is 378 g/mol. The summed E-state index contributed by atoms with van der Waals surface area (Å²) < 4.78 is 5.40. The maximum absolute atomic E-state index is 12.6. The Kier molecular flexibility index (Phi) is 3.88. The van der Waals surface area contributed by atoms with Gasteiger partial charge in [-0.3, -0.25) is 9.13 Å². The second-order valence-electron chi connectivity index (χ2n) is 7.45. The van der Waals surface area contributed by atoms with Crippen LogP contribution in [0.3, 0.4) is 0 Å². The Morgan fingerprint density at radius 2 is 1.89 bits per heavy atom. The van der Waals surface area contributed by atoms with Gasteiger partial charge >= 0.3 is 5.69 Å². The number of piperidine rings is 1. The average molecular weight is 378 g/mol. The van der Waals surface area contributed by atoms with Crippen molar-refractivity contribution in [1.29, 1.82) is 0 Å². The van der Waals surface area contributed by atoms with Gasteiger partial charge in [-0.15, -0.1) is 0 Å². The van der Waals surface area contributed by atoms with Crippen LogP contribution in [-0.4, -0.2) is 46.7 Å². The molecule has 0 atom stereocenters. The van der Waals surface area contributed by atoms with Gasteiger partial charge in [0, 0.05) is 39.9 Å². The number of rotatable bonds is 3. The molecule has 0 N–H and O–H groups in total. The lowest BCUT2D eigenvalue weighted by Gasteiger charge is -2.32. The molecule has 9 heteroatoms. The minimum atomic E-state index is 0.00197. The molecule has 4 aromatic heterocycles. The zero-order valence-corrected chi connectivity index (χ0v) is 16.0. The van der Waals surface area contributed by atoms with E-state index in [2.05, 4.69) is 24.8 Å². The maximum Gasteiger partial charge on any atom is 0.330 e. The molecule has 28 heavy (non-hydrogen) atoms. The Morgan fingerprint density at radius 1 is 1.07 bits per heavy atom. The van der Waals surface area contributed by atoms with Gasteiger partial charge in [-0.25, -0.2) is 24.7 Å². The minimum absolute atomic E-state index is 0.00197. The molecule has 0 amide bonds. The third-order valence-corrected chi connectivity index (χ3v) is 5.73. The number of nitrogens with zero attached hydrogens (tertiary/aromatic N) is 8. The number of fused-ring (bicyclic) bond motifs is 2. The van der Waals surface area contributed by atoms with Gasteiger partial charge in [0.15, 0.2) is 22.6 Å². The van der Waals surface area contributed by atoms with Crippen LogP contribution in [0.2, 0.25) is 0 Å². The topological polar surface area (TPSA) is 86.7 Å². The normalized spacial score (nSPS) is 15.7. The molecule has 0 aliphatic carbocycles. The predicted octanol–water partition coefficient (Wildman–Crippen LogP) is 1.33. The SMILES string of the molecule is Cn1cnc2c(N3CCC(Cn4c(=O)n(C)c5cccnc54)CC3)ncnc21. The zero-order valence-electron chi connectivity index (χ0n) is 16.0. The summed E-state index contributed by atoms with van der Waals surface area (Å²) in [5.74, 6) is 1.33. The Hall–Kier alpha value is -3.23. The molecule has 0 bridgehead atoms. The number of aromatic nitrogens is 7. The van der Waals surface area contributed by atoms with Crippen LogP contribution >= 0.6 is 0 Å². The van der Waals surface area contributed by atoms with E-state index in [1.54, 1.807) is 30.5 Å². The average Bonchev–Trinajstić information content (AvgIpc) is 3.22. The molecule has 4 aromatic rings. The molecule has 5 rings (SSSR count). The summed E-state index contributed by atoms with van der Waals surface area (Å²) in [6.07, 6.45) is 7.11. The fourth-order valence-corrected chi connectivity index (χ4v) is 4.15. The first kappa shape index (κ1) is 16.9. The number of aryl methyl sites for hydroxylation is 2. The molecule has 0 unspecified atom stereocenters. The van der Waals surface area contributed by atoms with E-state index in [1.165, 1.54) is 0 Å². The molecular formula is C19H22N8O. The number of imidazole rings is 2. The van der Waals surface area contributed by atoms with Crippen molar-refractivity contribution in [3.8, 4) is 0 Å². The maximum atomic E-state index is 12.6. The summed E-state index contributed by atoms with van der Waals surface area (Å²) in [4.78, 5) is 32.6. The highest BCUT2D eigenvalue weighted by Crippen LogP contribution is 2.27. The zero-order chi connectivity index (χ0) is 19.3. The van der Waals surface area contributed by atoms with E-state index in [-0.39, 0.29) is 5.69 Å². The van der Waals surface area contributed by atoms with Crippen LogP contribution in [0.5, 0.6) is 0 Å². The second kappa shape index (κ2) is 6.43. The van der Waals surface area contributed by atoms with E-state index in [4.69, 9.17) is 0 Å². The van der Waals surface area contributed by atoms with Crippen LogP contribution in [-0.2, 0) is 20.6 Å². The van der Waals surface area contributed by atoms with Crippen molar-refractivity contribution < 1.29 is 0 Å². The molecule has 0 aromatic carbocycles. The number of anilines is 1. The summed E-state index contributed by atoms with van der Waals surface area (Å²) in [5.41, 5.74) is 3.34. The standard InChI is InChI=1S/C19H22N8O/c1-24-12-23-15-17(24)21-11-22-18(15)26-8-5-13(6-9-26)10-27-16-14(4-3-7-20-16)25(2)19(27)28/h3-4,7,11-13H,5-6,8-10H2,1-2H3. The lowest BCUT2D eigenvalue weighted by molar-refractivity contribution is 0.354. The number of pyridine rings is 1. The molecule has 1 aliphatic heterocycles. The van der Waals surface area contributed by atoms with Crippen LogP contribution in [0.15, 0.2) is 35.8 Å². The summed E-state index contributed by atoms with van der Waals surface area (Å²) in [6.45, 7) is 2.48. The van der Waals surface area contributed by atoms with E-state index in [0.717, 1.165) is 54.1 Å². The van der Waals surface area contributed by atoms with Crippen molar-refractivity contribution in [2.24, 2.45) is 20.0 Å². The highest BCUT2D eigenvalue weighted by atomic mass is 16.1. The van der Waals surface area contributed by atoms with Crippen LogP contribution in [0.25, 0.3) is 22.3 Å². The van der Waals surface area contributed by atoms with Gasteiger partial charge in [0.2, 0.25) is 0 Å². The highest BCUT2D eigenvalue weighted by Gasteiger charge is 2.24. The van der Waals surface area contributed by atoms with Crippen molar-refractivity contribution in [2.45, 2.75) is 19.4 Å². The van der Waals surface area contributed by atoms with Crippen molar-refractivity contribution in [2.75, 3.05) is 18.0 Å². The first-order valence-electron chi connectivity index (χ1n) is 9.50. The van der Waals surface area contributed by atoms with Crippen molar-refractivity contribution in [3.05, 3.63) is 41.5 Å². The third-order valence-electron chi connectivity index (χ3n) is 5.73. The summed E-state index contributed by atoms with van der Waals surface area (Å²) in [5, 5.41) is 0. The first-order chi connectivity index (χ1) is 13.6. The fourth-order valence-electron chi connectivity index (χ4n) is 4.15. The molecule has 5 heterocycles. The predicted molar refractivity (Wildman–Crippen MR) is 106 cm³/mol. The minimum Gasteiger partial charge on any atom is -0.355 e. The van der Waals surface area contributed by atoms with Gasteiger partial charge in [-0.1, -0.05) is 0 Å². The molecule has 0 saturated carbocycles. The first-order valence-corrected chi connectivity index (χ1v) is 9.50. The lowest BCUT2D eigenvalue weighted by Crippen LogP contribution is -2.37. The molecule has 0 radical (unpaired) electrons. The van der Waals surface area contributed by atoms with Gasteiger partial charge < -0.3 is 9.47 Å². The van der Waals surface area contributed by atoms with Gasteiger partial charge in [-0.2, -0.15) is 0 Å². The summed E-state index contributed by atoms with van der Waals surface area (Å²) in [7, 11) is 3.74. The van der Waals surface area contributed by atoms with Gasteiger partial charge in [0.1, 0.15) is 6.33 Å². The Bertz CT molecular complexity index is 1210. The van der Waals surface area contributed by atoms with E-state index >= 15 is 0 Å².